The van der Waals surface area contributed by atoms with Gasteiger partial charge in [-0.15, -0.1) is 11.8 Å². The van der Waals surface area contributed by atoms with Crippen molar-refractivity contribution in [3.63, 3.8) is 0 Å². The molecule has 17 heavy (non-hydrogen) atoms. The molecule has 0 atom stereocenters. The van der Waals surface area contributed by atoms with Crippen LogP contribution in [-0.4, -0.2) is 28.4 Å². The summed E-state index contributed by atoms with van der Waals surface area (Å²) in [6.45, 7) is 2.16. The zero-order chi connectivity index (χ0) is 12.8. The van der Waals surface area contributed by atoms with Crippen LogP contribution in [0.5, 0.6) is 5.75 Å². The minimum atomic E-state index is -0.973. The molecule has 0 unspecified atom stereocenters. The standard InChI is InChI=1S/C10H11NO5S/c1-2-16-8-3-7(11(14)15)4-9(5-8)17-6-10(12)13/h3-5H,2,6H2,1H3,(H,12,13). The summed E-state index contributed by atoms with van der Waals surface area (Å²) >= 11 is 1.02. The molecule has 0 fully saturated rings. The van der Waals surface area contributed by atoms with E-state index in [9.17, 15) is 14.9 Å². The van der Waals surface area contributed by atoms with Gasteiger partial charge in [-0.05, 0) is 13.0 Å². The summed E-state index contributed by atoms with van der Waals surface area (Å²) in [6, 6.07) is 4.23. The highest BCUT2D eigenvalue weighted by Crippen LogP contribution is 2.29. The van der Waals surface area contributed by atoms with Gasteiger partial charge in [0.1, 0.15) is 5.75 Å². The largest absolute Gasteiger partial charge is 0.494 e. The second-order valence-electron chi connectivity index (χ2n) is 3.04. The first kappa shape index (κ1) is 13.3. The maximum absolute atomic E-state index is 10.7. The molecule has 0 aliphatic heterocycles. The van der Waals surface area contributed by atoms with Crippen LogP contribution in [0.2, 0.25) is 0 Å². The molecule has 0 heterocycles. The highest BCUT2D eigenvalue weighted by Gasteiger charge is 2.11. The Morgan fingerprint density at radius 1 is 1.53 bits per heavy atom. The van der Waals surface area contributed by atoms with E-state index < -0.39 is 10.9 Å². The molecule has 0 aromatic heterocycles. The predicted molar refractivity (Wildman–Crippen MR) is 62.6 cm³/mol. The van der Waals surface area contributed by atoms with E-state index in [0.717, 1.165) is 11.8 Å². The van der Waals surface area contributed by atoms with E-state index in [-0.39, 0.29) is 11.4 Å². The van der Waals surface area contributed by atoms with Crippen molar-refractivity contribution in [3.05, 3.63) is 28.3 Å². The van der Waals surface area contributed by atoms with Crippen molar-refractivity contribution in [1.82, 2.24) is 0 Å². The highest BCUT2D eigenvalue weighted by molar-refractivity contribution is 8.00. The molecule has 1 N–H and O–H groups in total. The maximum atomic E-state index is 10.7. The molecule has 0 saturated carbocycles. The number of aliphatic carboxylic acids is 1. The Balaban J connectivity index is 2.94. The molecular formula is C10H11NO5S. The van der Waals surface area contributed by atoms with Gasteiger partial charge < -0.3 is 9.84 Å². The van der Waals surface area contributed by atoms with E-state index in [4.69, 9.17) is 9.84 Å². The van der Waals surface area contributed by atoms with Gasteiger partial charge in [-0.3, -0.25) is 14.9 Å². The predicted octanol–water partition coefficient (Wildman–Crippen LogP) is 2.17. The van der Waals surface area contributed by atoms with Crippen molar-refractivity contribution in [2.24, 2.45) is 0 Å². The van der Waals surface area contributed by atoms with E-state index in [1.165, 1.54) is 12.1 Å². The monoisotopic (exact) mass is 257 g/mol. The van der Waals surface area contributed by atoms with E-state index in [1.54, 1.807) is 13.0 Å². The molecule has 0 aliphatic rings. The van der Waals surface area contributed by atoms with E-state index in [2.05, 4.69) is 0 Å². The lowest BCUT2D eigenvalue weighted by atomic mass is 10.3. The lowest BCUT2D eigenvalue weighted by Gasteiger charge is -2.05. The third kappa shape index (κ3) is 4.31. The number of rotatable bonds is 6. The topological polar surface area (TPSA) is 89.7 Å². The van der Waals surface area contributed by atoms with Crippen LogP contribution in [0.15, 0.2) is 23.1 Å². The van der Waals surface area contributed by atoms with E-state index in [1.807, 2.05) is 0 Å². The van der Waals surface area contributed by atoms with Crippen LogP contribution in [0.1, 0.15) is 6.92 Å². The molecule has 7 heteroatoms. The number of nitro benzene ring substituents is 1. The molecule has 1 aromatic rings. The Kier molecular flexibility index (Phi) is 4.77. The smallest absolute Gasteiger partial charge is 0.313 e. The Labute approximate surface area is 102 Å². The normalized spacial score (nSPS) is 9.94. The first-order chi connectivity index (χ1) is 8.02. The van der Waals surface area contributed by atoms with Crippen molar-refractivity contribution in [3.8, 4) is 5.75 Å². The molecular weight excluding hydrogens is 246 g/mol. The van der Waals surface area contributed by atoms with Crippen LogP contribution in [-0.2, 0) is 4.79 Å². The fourth-order valence-electron chi connectivity index (χ4n) is 1.14. The number of carbonyl (C=O) groups is 1. The fraction of sp³-hybridized carbons (Fsp3) is 0.300. The molecule has 92 valence electrons. The first-order valence-corrected chi connectivity index (χ1v) is 5.78. The van der Waals surface area contributed by atoms with E-state index in [0.29, 0.717) is 17.3 Å². The van der Waals surface area contributed by atoms with Gasteiger partial charge in [0.2, 0.25) is 0 Å². The van der Waals surface area contributed by atoms with Gasteiger partial charge in [-0.25, -0.2) is 0 Å². The van der Waals surface area contributed by atoms with Crippen molar-refractivity contribution in [1.29, 1.82) is 0 Å². The second-order valence-corrected chi connectivity index (χ2v) is 4.08. The minimum Gasteiger partial charge on any atom is -0.494 e. The van der Waals surface area contributed by atoms with Gasteiger partial charge in [0.05, 0.1) is 23.3 Å². The fourth-order valence-corrected chi connectivity index (χ4v) is 1.83. The van der Waals surface area contributed by atoms with Crippen LogP contribution in [0.25, 0.3) is 0 Å². The molecule has 6 nitrogen and oxygen atoms in total. The highest BCUT2D eigenvalue weighted by atomic mass is 32.2. The van der Waals surface area contributed by atoms with Crippen LogP contribution in [0, 0.1) is 10.1 Å². The number of nitro groups is 1. The number of benzene rings is 1. The van der Waals surface area contributed by atoms with Crippen molar-refractivity contribution in [2.45, 2.75) is 11.8 Å². The Morgan fingerprint density at radius 2 is 2.24 bits per heavy atom. The van der Waals surface area contributed by atoms with Crippen molar-refractivity contribution in [2.75, 3.05) is 12.4 Å². The summed E-state index contributed by atoms with van der Waals surface area (Å²) in [5.41, 5.74) is -0.108. The molecule has 0 radical (unpaired) electrons. The number of non-ortho nitro benzene ring substituents is 1. The van der Waals surface area contributed by atoms with Gasteiger partial charge in [0, 0.05) is 11.0 Å². The number of thioether (sulfide) groups is 1. The summed E-state index contributed by atoms with van der Waals surface area (Å²) in [5.74, 6) is -0.749. The number of hydrogen-bond acceptors (Lipinski definition) is 5. The molecule has 0 bridgehead atoms. The molecule has 1 aromatic carbocycles. The minimum absolute atomic E-state index is 0.108. The number of carboxylic acid groups (broad SMARTS) is 1. The Bertz CT molecular complexity index is 435. The summed E-state index contributed by atoms with van der Waals surface area (Å²) in [6.07, 6.45) is 0. The van der Waals surface area contributed by atoms with Crippen molar-refractivity contribution >= 4 is 23.4 Å². The number of ether oxygens (including phenoxy) is 1. The lowest BCUT2D eigenvalue weighted by Crippen LogP contribution is -1.98. The van der Waals surface area contributed by atoms with E-state index >= 15 is 0 Å². The zero-order valence-corrected chi connectivity index (χ0v) is 9.90. The Morgan fingerprint density at radius 3 is 2.76 bits per heavy atom. The van der Waals surface area contributed by atoms with Gasteiger partial charge in [0.15, 0.2) is 0 Å². The SMILES string of the molecule is CCOc1cc(SCC(=O)O)cc([N+](=O)[O-])c1. The molecule has 1 rings (SSSR count). The number of nitrogens with zero attached hydrogens (tertiary/aromatic N) is 1. The average molecular weight is 257 g/mol. The van der Waals surface area contributed by atoms with Crippen LogP contribution in [0.4, 0.5) is 5.69 Å². The molecule has 0 spiro atoms. The first-order valence-electron chi connectivity index (χ1n) is 4.79. The summed E-state index contributed by atoms with van der Waals surface area (Å²) in [4.78, 5) is 21.1. The van der Waals surface area contributed by atoms with Crippen LogP contribution < -0.4 is 4.74 Å². The third-order valence-corrected chi connectivity index (χ3v) is 2.71. The van der Waals surface area contributed by atoms with Crippen molar-refractivity contribution < 1.29 is 19.6 Å². The average Bonchev–Trinajstić information content (AvgIpc) is 2.26. The number of hydrogen-bond donors (Lipinski definition) is 1. The summed E-state index contributed by atoms with van der Waals surface area (Å²) in [7, 11) is 0. The third-order valence-electron chi connectivity index (χ3n) is 1.75. The zero-order valence-electron chi connectivity index (χ0n) is 9.08. The second kappa shape index (κ2) is 6.09. The van der Waals surface area contributed by atoms with Crippen LogP contribution in [0.3, 0.4) is 0 Å². The molecule has 0 amide bonds. The molecule has 0 aliphatic carbocycles. The number of carboxylic acids is 1. The lowest BCUT2D eigenvalue weighted by molar-refractivity contribution is -0.385. The van der Waals surface area contributed by atoms with Crippen LogP contribution >= 0.6 is 11.8 Å². The Hall–Kier alpha value is -1.76. The molecule has 0 saturated heterocycles. The summed E-state index contributed by atoms with van der Waals surface area (Å²) < 4.78 is 5.18. The van der Waals surface area contributed by atoms with Gasteiger partial charge in [-0.1, -0.05) is 0 Å². The summed E-state index contributed by atoms with van der Waals surface area (Å²) in [5, 5.41) is 19.2. The van der Waals surface area contributed by atoms with Gasteiger partial charge in [0.25, 0.3) is 5.69 Å². The van der Waals surface area contributed by atoms with Gasteiger partial charge in [-0.2, -0.15) is 0 Å². The quantitative estimate of drug-likeness (QED) is 0.477. The maximum Gasteiger partial charge on any atom is 0.313 e. The van der Waals surface area contributed by atoms with Gasteiger partial charge >= 0.3 is 5.97 Å².